The van der Waals surface area contributed by atoms with Gasteiger partial charge in [-0.15, -0.1) is 11.8 Å². The summed E-state index contributed by atoms with van der Waals surface area (Å²) < 4.78 is 5.68. The fourth-order valence-corrected chi connectivity index (χ4v) is 4.77. The average Bonchev–Trinajstić information content (AvgIpc) is 2.79. The Bertz CT molecular complexity index is 1060. The van der Waals surface area contributed by atoms with Gasteiger partial charge in [-0.25, -0.2) is 0 Å². The molecule has 3 aromatic carbocycles. The summed E-state index contributed by atoms with van der Waals surface area (Å²) in [4.78, 5) is 16.5. The Morgan fingerprint density at radius 2 is 1.75 bits per heavy atom. The molecule has 0 saturated heterocycles. The van der Waals surface area contributed by atoms with E-state index in [-0.39, 0.29) is 12.0 Å². The summed E-state index contributed by atoms with van der Waals surface area (Å²) in [5, 5.41) is 3.05. The topological polar surface area (TPSA) is 41.6 Å². The molecule has 0 fully saturated rings. The van der Waals surface area contributed by atoms with Crippen molar-refractivity contribution in [3.05, 3.63) is 89.0 Å². The van der Waals surface area contributed by atoms with Crippen LogP contribution in [0.2, 0.25) is 0 Å². The Morgan fingerprint density at radius 3 is 2.47 bits per heavy atom. The molecule has 0 spiro atoms. The summed E-state index contributed by atoms with van der Waals surface area (Å²) in [7, 11) is 0. The zero-order chi connectivity index (χ0) is 22.5. The molecule has 4 rings (SSSR count). The van der Waals surface area contributed by atoms with Crippen molar-refractivity contribution in [2.24, 2.45) is 0 Å². The van der Waals surface area contributed by atoms with Crippen LogP contribution in [0.15, 0.2) is 71.6 Å². The minimum absolute atomic E-state index is 0.0545. The van der Waals surface area contributed by atoms with Crippen LogP contribution >= 0.6 is 11.8 Å². The Labute approximate surface area is 195 Å². The van der Waals surface area contributed by atoms with Crippen molar-refractivity contribution in [3.8, 4) is 5.75 Å². The molecule has 0 bridgehead atoms. The van der Waals surface area contributed by atoms with Crippen molar-refractivity contribution < 1.29 is 9.53 Å². The molecule has 1 aliphatic rings. The molecule has 0 saturated carbocycles. The standard InChI is InChI=1S/C27H30N2O2S/c1-19(2)31-24-11-8-21(9-12-24)17-28-27(30)23-10-13-26-25(16-23)29(14-15-32-26)18-22-6-4-20(3)5-7-22/h4-13,16,19H,14-15,17-18H2,1-3H3,(H,28,30). The lowest BCUT2D eigenvalue weighted by Gasteiger charge is -2.31. The number of nitrogens with one attached hydrogen (secondary N) is 1. The van der Waals surface area contributed by atoms with E-state index in [9.17, 15) is 4.79 Å². The van der Waals surface area contributed by atoms with Gasteiger partial charge in [0.15, 0.2) is 0 Å². The number of ether oxygens (including phenoxy) is 1. The highest BCUT2D eigenvalue weighted by molar-refractivity contribution is 7.99. The second-order valence-corrected chi connectivity index (χ2v) is 9.57. The van der Waals surface area contributed by atoms with E-state index in [1.54, 1.807) is 0 Å². The molecule has 4 nitrogen and oxygen atoms in total. The summed E-state index contributed by atoms with van der Waals surface area (Å²) in [6, 6.07) is 22.6. The van der Waals surface area contributed by atoms with E-state index >= 15 is 0 Å². The molecule has 32 heavy (non-hydrogen) atoms. The minimum atomic E-state index is -0.0545. The number of thioether (sulfide) groups is 1. The van der Waals surface area contributed by atoms with E-state index in [1.807, 2.05) is 62.0 Å². The molecule has 0 radical (unpaired) electrons. The number of rotatable bonds is 7. The van der Waals surface area contributed by atoms with Gasteiger partial charge in [-0.1, -0.05) is 42.0 Å². The number of amides is 1. The third kappa shape index (κ3) is 5.65. The first kappa shape index (κ1) is 22.3. The molecule has 0 atom stereocenters. The number of aryl methyl sites for hydroxylation is 1. The number of anilines is 1. The van der Waals surface area contributed by atoms with Crippen LogP contribution in [-0.2, 0) is 13.1 Å². The maximum atomic E-state index is 12.9. The highest BCUT2D eigenvalue weighted by Gasteiger charge is 2.19. The molecule has 1 amide bonds. The van der Waals surface area contributed by atoms with Gasteiger partial charge in [0.05, 0.1) is 11.8 Å². The molecule has 3 aromatic rings. The number of hydrogen-bond donors (Lipinski definition) is 1. The van der Waals surface area contributed by atoms with E-state index in [2.05, 4.69) is 47.5 Å². The fraction of sp³-hybridized carbons (Fsp3) is 0.296. The quantitative estimate of drug-likeness (QED) is 0.496. The zero-order valence-corrected chi connectivity index (χ0v) is 19.7. The molecule has 0 aliphatic carbocycles. The molecule has 166 valence electrons. The minimum Gasteiger partial charge on any atom is -0.491 e. The van der Waals surface area contributed by atoms with Gasteiger partial charge in [-0.3, -0.25) is 4.79 Å². The van der Waals surface area contributed by atoms with E-state index in [0.29, 0.717) is 12.1 Å². The molecule has 1 aliphatic heterocycles. The van der Waals surface area contributed by atoms with Crippen molar-refractivity contribution in [1.82, 2.24) is 5.32 Å². The third-order valence-corrected chi connectivity index (χ3v) is 6.47. The average molecular weight is 447 g/mol. The summed E-state index contributed by atoms with van der Waals surface area (Å²) in [6.07, 6.45) is 0.147. The second kappa shape index (κ2) is 10.1. The van der Waals surface area contributed by atoms with Crippen molar-refractivity contribution in [3.63, 3.8) is 0 Å². The number of carbonyl (C=O) groups excluding carboxylic acids is 1. The van der Waals surface area contributed by atoms with Gasteiger partial charge in [0, 0.05) is 35.8 Å². The first-order chi connectivity index (χ1) is 15.5. The molecule has 1 N–H and O–H groups in total. The van der Waals surface area contributed by atoms with Crippen molar-refractivity contribution in [2.75, 3.05) is 17.2 Å². The van der Waals surface area contributed by atoms with Crippen LogP contribution in [0.1, 0.15) is 40.9 Å². The van der Waals surface area contributed by atoms with Crippen LogP contribution in [0.25, 0.3) is 0 Å². The SMILES string of the molecule is Cc1ccc(CN2CCSc3ccc(C(=O)NCc4ccc(OC(C)C)cc4)cc32)cc1. The number of carbonyl (C=O) groups is 1. The van der Waals surface area contributed by atoms with Crippen LogP contribution in [0.5, 0.6) is 5.75 Å². The van der Waals surface area contributed by atoms with E-state index in [1.165, 1.54) is 16.0 Å². The fourth-order valence-electron chi connectivity index (χ4n) is 3.73. The van der Waals surface area contributed by atoms with Crippen molar-refractivity contribution in [1.29, 1.82) is 0 Å². The molecule has 5 heteroatoms. The van der Waals surface area contributed by atoms with Crippen LogP contribution in [0, 0.1) is 6.92 Å². The lowest BCUT2D eigenvalue weighted by Crippen LogP contribution is -2.29. The highest BCUT2D eigenvalue weighted by atomic mass is 32.2. The molecule has 0 unspecified atom stereocenters. The van der Waals surface area contributed by atoms with Gasteiger partial charge < -0.3 is 15.0 Å². The Morgan fingerprint density at radius 1 is 1.03 bits per heavy atom. The van der Waals surface area contributed by atoms with Crippen molar-refractivity contribution >= 4 is 23.4 Å². The molecular formula is C27H30N2O2S. The smallest absolute Gasteiger partial charge is 0.251 e. The summed E-state index contributed by atoms with van der Waals surface area (Å²) in [5.74, 6) is 1.85. The summed E-state index contributed by atoms with van der Waals surface area (Å²) in [5.41, 5.74) is 5.44. The van der Waals surface area contributed by atoms with Crippen LogP contribution < -0.4 is 15.0 Å². The van der Waals surface area contributed by atoms with Crippen LogP contribution in [0.3, 0.4) is 0 Å². The van der Waals surface area contributed by atoms with Gasteiger partial charge in [0.25, 0.3) is 5.91 Å². The maximum absolute atomic E-state index is 12.9. The van der Waals surface area contributed by atoms with Gasteiger partial charge in [-0.2, -0.15) is 0 Å². The Balaban J connectivity index is 1.43. The number of benzene rings is 3. The Kier molecular flexibility index (Phi) is 7.05. The van der Waals surface area contributed by atoms with Gasteiger partial charge >= 0.3 is 0 Å². The third-order valence-electron chi connectivity index (χ3n) is 5.42. The monoisotopic (exact) mass is 446 g/mol. The van der Waals surface area contributed by atoms with Crippen LogP contribution in [-0.4, -0.2) is 24.3 Å². The van der Waals surface area contributed by atoms with E-state index < -0.39 is 0 Å². The summed E-state index contributed by atoms with van der Waals surface area (Å²) >= 11 is 1.86. The van der Waals surface area contributed by atoms with Crippen LogP contribution in [0.4, 0.5) is 5.69 Å². The predicted molar refractivity (Wildman–Crippen MR) is 133 cm³/mol. The maximum Gasteiger partial charge on any atom is 0.251 e. The summed E-state index contributed by atoms with van der Waals surface area (Å²) in [6.45, 7) is 8.43. The normalized spacial score (nSPS) is 13.1. The largest absolute Gasteiger partial charge is 0.491 e. The second-order valence-electron chi connectivity index (χ2n) is 8.43. The molecule has 1 heterocycles. The van der Waals surface area contributed by atoms with E-state index in [4.69, 9.17) is 4.74 Å². The van der Waals surface area contributed by atoms with Crippen molar-refractivity contribution in [2.45, 2.75) is 44.9 Å². The zero-order valence-electron chi connectivity index (χ0n) is 18.9. The number of hydrogen-bond acceptors (Lipinski definition) is 4. The lowest BCUT2D eigenvalue weighted by molar-refractivity contribution is 0.0951. The number of nitrogens with zero attached hydrogens (tertiary/aromatic N) is 1. The predicted octanol–water partition coefficient (Wildman–Crippen LogP) is 5.82. The lowest BCUT2D eigenvalue weighted by atomic mass is 10.1. The van der Waals surface area contributed by atoms with Gasteiger partial charge in [-0.05, 0) is 62.2 Å². The highest BCUT2D eigenvalue weighted by Crippen LogP contribution is 2.36. The first-order valence-corrected chi connectivity index (χ1v) is 12.1. The Hall–Kier alpha value is -2.92. The van der Waals surface area contributed by atoms with Gasteiger partial charge in [0.2, 0.25) is 0 Å². The number of fused-ring (bicyclic) bond motifs is 1. The van der Waals surface area contributed by atoms with Gasteiger partial charge in [0.1, 0.15) is 5.75 Å². The molecule has 0 aromatic heterocycles. The first-order valence-electron chi connectivity index (χ1n) is 11.1. The molecular weight excluding hydrogens is 416 g/mol. The van der Waals surface area contributed by atoms with E-state index in [0.717, 1.165) is 35.8 Å².